The minimum Gasteiger partial charge on any atom is -0.335 e. The third-order valence-corrected chi connectivity index (χ3v) is 1.72. The Bertz CT molecular complexity index is 187. The molecule has 0 unspecified atom stereocenters. The molecule has 1 fully saturated rings. The van der Waals surface area contributed by atoms with Crippen LogP contribution in [0.5, 0.6) is 0 Å². The molecule has 1 saturated heterocycles. The lowest BCUT2D eigenvalue weighted by Gasteiger charge is -2.16. The quantitative estimate of drug-likeness (QED) is 0.543. The van der Waals surface area contributed by atoms with E-state index in [9.17, 15) is 9.59 Å². The first-order valence-electron chi connectivity index (χ1n) is 3.93. The maximum atomic E-state index is 11.0. The number of carbonyl (C=O) groups is 2. The SMILES string of the molecule is CC(C)CN1CCC(=O)C1=O. The summed E-state index contributed by atoms with van der Waals surface area (Å²) in [5, 5.41) is 0. The predicted molar refractivity (Wildman–Crippen MR) is 41.0 cm³/mol. The summed E-state index contributed by atoms with van der Waals surface area (Å²) in [6.45, 7) is 5.41. The zero-order valence-electron chi connectivity index (χ0n) is 6.96. The number of carbonyl (C=O) groups excluding carboxylic acids is 2. The van der Waals surface area contributed by atoms with E-state index in [4.69, 9.17) is 0 Å². The van der Waals surface area contributed by atoms with Crippen LogP contribution in [0.25, 0.3) is 0 Å². The molecule has 0 spiro atoms. The van der Waals surface area contributed by atoms with E-state index in [1.165, 1.54) is 0 Å². The van der Waals surface area contributed by atoms with E-state index in [0.717, 1.165) is 0 Å². The van der Waals surface area contributed by atoms with Crippen LogP contribution in [0.15, 0.2) is 0 Å². The van der Waals surface area contributed by atoms with Crippen LogP contribution in [0, 0.1) is 5.92 Å². The van der Waals surface area contributed by atoms with Crippen molar-refractivity contribution in [1.82, 2.24) is 4.90 Å². The van der Waals surface area contributed by atoms with Crippen molar-refractivity contribution >= 4 is 11.7 Å². The zero-order valence-corrected chi connectivity index (χ0v) is 6.96. The van der Waals surface area contributed by atoms with E-state index in [-0.39, 0.29) is 11.7 Å². The van der Waals surface area contributed by atoms with Gasteiger partial charge in [-0.1, -0.05) is 13.8 Å². The molecule has 0 N–H and O–H groups in total. The van der Waals surface area contributed by atoms with Crippen LogP contribution in [0.3, 0.4) is 0 Å². The molecular weight excluding hydrogens is 142 g/mol. The average Bonchev–Trinajstić information content (AvgIpc) is 2.18. The number of hydrogen-bond acceptors (Lipinski definition) is 2. The largest absolute Gasteiger partial charge is 0.335 e. The van der Waals surface area contributed by atoms with E-state index in [1.54, 1.807) is 4.90 Å². The fourth-order valence-corrected chi connectivity index (χ4v) is 1.24. The second-order valence-corrected chi connectivity index (χ2v) is 3.32. The molecule has 0 aromatic carbocycles. The first-order valence-corrected chi connectivity index (χ1v) is 3.93. The van der Waals surface area contributed by atoms with E-state index in [1.807, 2.05) is 13.8 Å². The first-order chi connectivity index (χ1) is 5.11. The molecule has 1 aliphatic heterocycles. The van der Waals surface area contributed by atoms with Crippen LogP contribution in [0.4, 0.5) is 0 Å². The molecule has 1 amide bonds. The standard InChI is InChI=1S/C8H13NO2/c1-6(2)5-9-4-3-7(10)8(9)11/h6H,3-5H2,1-2H3. The van der Waals surface area contributed by atoms with Gasteiger partial charge in [0.15, 0.2) is 0 Å². The Morgan fingerprint density at radius 2 is 2.09 bits per heavy atom. The molecule has 3 heteroatoms. The zero-order chi connectivity index (χ0) is 8.43. The molecule has 62 valence electrons. The second-order valence-electron chi connectivity index (χ2n) is 3.32. The Morgan fingerprint density at radius 1 is 1.45 bits per heavy atom. The lowest BCUT2D eigenvalue weighted by atomic mass is 10.2. The Balaban J connectivity index is 2.49. The normalized spacial score (nSPS) is 18.6. The second kappa shape index (κ2) is 3.03. The summed E-state index contributed by atoms with van der Waals surface area (Å²) in [6.07, 6.45) is 0.408. The summed E-state index contributed by atoms with van der Waals surface area (Å²) in [7, 11) is 0. The van der Waals surface area contributed by atoms with Crippen molar-refractivity contribution < 1.29 is 9.59 Å². The molecule has 0 aromatic rings. The van der Waals surface area contributed by atoms with Crippen molar-refractivity contribution in [2.45, 2.75) is 20.3 Å². The molecule has 1 aliphatic rings. The van der Waals surface area contributed by atoms with Gasteiger partial charge < -0.3 is 4.90 Å². The highest BCUT2D eigenvalue weighted by Gasteiger charge is 2.28. The molecule has 0 aromatic heterocycles. The third-order valence-electron chi connectivity index (χ3n) is 1.72. The fraction of sp³-hybridized carbons (Fsp3) is 0.750. The number of amides is 1. The maximum absolute atomic E-state index is 11.0. The van der Waals surface area contributed by atoms with Gasteiger partial charge in [-0.15, -0.1) is 0 Å². The Labute approximate surface area is 66.4 Å². The van der Waals surface area contributed by atoms with Crippen molar-refractivity contribution in [2.24, 2.45) is 5.92 Å². The predicted octanol–water partition coefficient (Wildman–Crippen LogP) is 0.444. The van der Waals surface area contributed by atoms with E-state index < -0.39 is 0 Å². The van der Waals surface area contributed by atoms with Gasteiger partial charge in [0.1, 0.15) is 0 Å². The molecule has 3 nitrogen and oxygen atoms in total. The Kier molecular flexibility index (Phi) is 2.27. The number of Topliss-reactive ketones (excluding diaryl/α,β-unsaturated/α-hetero) is 1. The van der Waals surface area contributed by atoms with Crippen LogP contribution in [-0.4, -0.2) is 29.7 Å². The van der Waals surface area contributed by atoms with Crippen molar-refractivity contribution in [3.63, 3.8) is 0 Å². The number of rotatable bonds is 2. The van der Waals surface area contributed by atoms with Crippen molar-refractivity contribution in [1.29, 1.82) is 0 Å². The van der Waals surface area contributed by atoms with E-state index in [2.05, 4.69) is 0 Å². The smallest absolute Gasteiger partial charge is 0.290 e. The summed E-state index contributed by atoms with van der Waals surface area (Å²) < 4.78 is 0. The van der Waals surface area contributed by atoms with Crippen LogP contribution < -0.4 is 0 Å². The van der Waals surface area contributed by atoms with Gasteiger partial charge in [-0.25, -0.2) is 0 Å². The summed E-state index contributed by atoms with van der Waals surface area (Å²) >= 11 is 0. The Morgan fingerprint density at radius 3 is 2.45 bits per heavy atom. The lowest BCUT2D eigenvalue weighted by Crippen LogP contribution is -2.30. The fourth-order valence-electron chi connectivity index (χ4n) is 1.24. The number of nitrogens with zero attached hydrogens (tertiary/aromatic N) is 1. The van der Waals surface area contributed by atoms with Gasteiger partial charge in [0, 0.05) is 19.5 Å². The molecule has 0 atom stereocenters. The molecule has 1 rings (SSSR count). The third kappa shape index (κ3) is 1.79. The summed E-state index contributed by atoms with van der Waals surface area (Å²) in [6, 6.07) is 0. The minimum absolute atomic E-state index is 0.231. The van der Waals surface area contributed by atoms with Crippen molar-refractivity contribution in [2.75, 3.05) is 13.1 Å². The molecule has 0 radical (unpaired) electrons. The minimum atomic E-state index is -0.293. The van der Waals surface area contributed by atoms with Gasteiger partial charge in [0.2, 0.25) is 5.78 Å². The molecule has 11 heavy (non-hydrogen) atoms. The summed E-state index contributed by atoms with van der Waals surface area (Å²) in [4.78, 5) is 23.4. The highest BCUT2D eigenvalue weighted by atomic mass is 16.2. The van der Waals surface area contributed by atoms with E-state index in [0.29, 0.717) is 25.4 Å². The first kappa shape index (κ1) is 8.24. The van der Waals surface area contributed by atoms with Crippen LogP contribution >= 0.6 is 0 Å². The Hall–Kier alpha value is -0.860. The highest BCUT2D eigenvalue weighted by molar-refractivity contribution is 6.37. The van der Waals surface area contributed by atoms with Gasteiger partial charge in [-0.3, -0.25) is 9.59 Å². The van der Waals surface area contributed by atoms with Crippen LogP contribution in [-0.2, 0) is 9.59 Å². The van der Waals surface area contributed by atoms with Gasteiger partial charge in [-0.05, 0) is 5.92 Å². The van der Waals surface area contributed by atoms with Crippen molar-refractivity contribution in [3.8, 4) is 0 Å². The highest BCUT2D eigenvalue weighted by Crippen LogP contribution is 2.08. The number of likely N-dealkylation sites (tertiary alicyclic amines) is 1. The summed E-state index contributed by atoms with van der Waals surface area (Å²) in [5.41, 5.74) is 0. The molecule has 0 aliphatic carbocycles. The van der Waals surface area contributed by atoms with Gasteiger partial charge in [-0.2, -0.15) is 0 Å². The van der Waals surface area contributed by atoms with Gasteiger partial charge >= 0.3 is 0 Å². The number of ketones is 1. The lowest BCUT2D eigenvalue weighted by molar-refractivity contribution is -0.140. The van der Waals surface area contributed by atoms with Crippen LogP contribution in [0.2, 0.25) is 0 Å². The van der Waals surface area contributed by atoms with Gasteiger partial charge in [0.25, 0.3) is 5.91 Å². The summed E-state index contributed by atoms with van der Waals surface area (Å²) in [5.74, 6) is -0.0748. The number of hydrogen-bond donors (Lipinski definition) is 0. The monoisotopic (exact) mass is 155 g/mol. The maximum Gasteiger partial charge on any atom is 0.290 e. The van der Waals surface area contributed by atoms with Gasteiger partial charge in [0.05, 0.1) is 0 Å². The molecule has 0 bridgehead atoms. The molecule has 0 saturated carbocycles. The molecular formula is C8H13NO2. The van der Waals surface area contributed by atoms with E-state index >= 15 is 0 Å². The van der Waals surface area contributed by atoms with Crippen molar-refractivity contribution in [3.05, 3.63) is 0 Å². The molecule has 1 heterocycles. The van der Waals surface area contributed by atoms with Crippen LogP contribution in [0.1, 0.15) is 20.3 Å². The topological polar surface area (TPSA) is 37.4 Å². The average molecular weight is 155 g/mol.